The van der Waals surface area contributed by atoms with E-state index in [1.165, 1.54) is 0 Å². The number of fused-ring (bicyclic) bond motifs is 1. The van der Waals surface area contributed by atoms with Crippen molar-refractivity contribution in [3.05, 3.63) is 52.3 Å². The lowest BCUT2D eigenvalue weighted by molar-refractivity contribution is -0.122. The Morgan fingerprint density at radius 1 is 1.25 bits per heavy atom. The van der Waals surface area contributed by atoms with Crippen LogP contribution in [0, 0.1) is 6.92 Å². The van der Waals surface area contributed by atoms with Gasteiger partial charge in [-0.25, -0.2) is 4.98 Å². The van der Waals surface area contributed by atoms with Crippen LogP contribution in [0.25, 0.3) is 11.1 Å². The largest absolute Gasteiger partial charge is 0.479 e. The van der Waals surface area contributed by atoms with E-state index in [0.717, 1.165) is 0 Å². The number of benzene rings is 2. The van der Waals surface area contributed by atoms with Gasteiger partial charge in [0.25, 0.3) is 5.91 Å². The Balaban J connectivity index is 1.70. The molecule has 3 aromatic rings. The maximum atomic E-state index is 12.3. The first-order valence-electron chi connectivity index (χ1n) is 7.22. The summed E-state index contributed by atoms with van der Waals surface area (Å²) in [5.41, 5.74) is 1.96. The predicted molar refractivity (Wildman–Crippen MR) is 93.9 cm³/mol. The molecule has 0 saturated carbocycles. The molecule has 0 radical (unpaired) electrons. The maximum Gasteiger partial charge on any atom is 0.265 e. The third-order valence-corrected chi connectivity index (χ3v) is 3.86. The minimum atomic E-state index is -0.738. The Morgan fingerprint density at radius 3 is 2.79 bits per heavy atom. The van der Waals surface area contributed by atoms with Gasteiger partial charge in [-0.2, -0.15) is 0 Å². The van der Waals surface area contributed by atoms with Gasteiger partial charge in [-0.15, -0.1) is 0 Å². The van der Waals surface area contributed by atoms with E-state index in [1.54, 1.807) is 50.2 Å². The molecular weight excluding hydrogens is 351 g/mol. The Hall–Kier alpha value is -2.24. The number of aryl methyl sites for hydroxylation is 1. The summed E-state index contributed by atoms with van der Waals surface area (Å²) in [7, 11) is 0. The van der Waals surface area contributed by atoms with E-state index in [4.69, 9.17) is 32.4 Å². The van der Waals surface area contributed by atoms with Crippen LogP contribution in [0.4, 0.5) is 5.69 Å². The van der Waals surface area contributed by atoms with Crippen LogP contribution in [0.15, 0.2) is 40.8 Å². The van der Waals surface area contributed by atoms with Crippen molar-refractivity contribution < 1.29 is 13.9 Å². The highest BCUT2D eigenvalue weighted by Crippen LogP contribution is 2.28. The second-order valence-corrected chi connectivity index (χ2v) is 6.08. The fraction of sp³-hybridized carbons (Fsp3) is 0.176. The number of amides is 1. The van der Waals surface area contributed by atoms with Crippen molar-refractivity contribution in [3.63, 3.8) is 0 Å². The second kappa shape index (κ2) is 6.71. The van der Waals surface area contributed by atoms with Crippen LogP contribution < -0.4 is 10.1 Å². The van der Waals surface area contributed by atoms with Crippen LogP contribution in [0.2, 0.25) is 10.0 Å². The molecule has 1 aromatic heterocycles. The van der Waals surface area contributed by atoms with E-state index in [9.17, 15) is 4.79 Å². The van der Waals surface area contributed by atoms with Gasteiger partial charge in [0.1, 0.15) is 11.3 Å². The van der Waals surface area contributed by atoms with Gasteiger partial charge in [0.05, 0.1) is 5.02 Å². The highest BCUT2D eigenvalue weighted by molar-refractivity contribution is 6.35. The van der Waals surface area contributed by atoms with E-state index >= 15 is 0 Å². The molecule has 124 valence electrons. The molecule has 0 fully saturated rings. The average molecular weight is 365 g/mol. The van der Waals surface area contributed by atoms with Crippen molar-refractivity contribution >= 4 is 45.9 Å². The first kappa shape index (κ1) is 16.6. The molecule has 0 aliphatic carbocycles. The molecule has 0 bridgehead atoms. The van der Waals surface area contributed by atoms with Crippen LogP contribution in [0.5, 0.6) is 5.75 Å². The number of rotatable bonds is 4. The van der Waals surface area contributed by atoms with E-state index in [0.29, 0.717) is 38.5 Å². The Kier molecular flexibility index (Phi) is 4.64. The Morgan fingerprint density at radius 2 is 2.04 bits per heavy atom. The molecule has 1 N–H and O–H groups in total. The van der Waals surface area contributed by atoms with Crippen molar-refractivity contribution in [2.75, 3.05) is 5.32 Å². The SMILES string of the molecule is Cc1nc2cc(NC(=O)[C@@H](C)Oc3ccc(Cl)cc3Cl)ccc2o1. The number of hydrogen-bond donors (Lipinski definition) is 1. The van der Waals surface area contributed by atoms with Crippen molar-refractivity contribution in [2.24, 2.45) is 0 Å². The van der Waals surface area contributed by atoms with Crippen LogP contribution in [-0.4, -0.2) is 17.0 Å². The molecule has 7 heteroatoms. The molecule has 0 aliphatic heterocycles. The van der Waals surface area contributed by atoms with Crippen LogP contribution in [0.1, 0.15) is 12.8 Å². The number of aromatic nitrogens is 1. The topological polar surface area (TPSA) is 64.4 Å². The molecule has 0 spiro atoms. The van der Waals surface area contributed by atoms with Crippen molar-refractivity contribution in [2.45, 2.75) is 20.0 Å². The first-order valence-corrected chi connectivity index (χ1v) is 7.98. The molecule has 0 saturated heterocycles. The molecule has 1 atom stereocenters. The van der Waals surface area contributed by atoms with Gasteiger partial charge in [0.15, 0.2) is 17.6 Å². The standard InChI is InChI=1S/C17H14Cl2N2O3/c1-9(23-15-5-3-11(18)7-13(15)19)17(22)21-12-4-6-16-14(8-12)20-10(2)24-16/h3-9H,1-2H3,(H,21,22)/t9-/m1/s1. The zero-order chi connectivity index (χ0) is 17.3. The number of nitrogens with one attached hydrogen (secondary N) is 1. The number of carbonyl (C=O) groups excluding carboxylic acids is 1. The highest BCUT2D eigenvalue weighted by atomic mass is 35.5. The number of halogens is 2. The molecule has 0 aliphatic rings. The quantitative estimate of drug-likeness (QED) is 0.718. The predicted octanol–water partition coefficient (Wildman–Crippen LogP) is 4.85. The summed E-state index contributed by atoms with van der Waals surface area (Å²) in [6, 6.07) is 10.1. The lowest BCUT2D eigenvalue weighted by Crippen LogP contribution is -2.30. The summed E-state index contributed by atoms with van der Waals surface area (Å²) < 4.78 is 11.0. The molecule has 24 heavy (non-hydrogen) atoms. The van der Waals surface area contributed by atoms with E-state index in [2.05, 4.69) is 10.3 Å². The van der Waals surface area contributed by atoms with Crippen LogP contribution in [0.3, 0.4) is 0 Å². The van der Waals surface area contributed by atoms with Crippen LogP contribution in [-0.2, 0) is 4.79 Å². The zero-order valence-electron chi connectivity index (χ0n) is 13.0. The monoisotopic (exact) mass is 364 g/mol. The highest BCUT2D eigenvalue weighted by Gasteiger charge is 2.17. The van der Waals surface area contributed by atoms with E-state index in [1.807, 2.05) is 0 Å². The van der Waals surface area contributed by atoms with Gasteiger partial charge in [-0.1, -0.05) is 23.2 Å². The van der Waals surface area contributed by atoms with Crippen molar-refractivity contribution in [1.29, 1.82) is 0 Å². The molecule has 1 amide bonds. The van der Waals surface area contributed by atoms with Gasteiger partial charge < -0.3 is 14.5 Å². The smallest absolute Gasteiger partial charge is 0.265 e. The first-order chi connectivity index (χ1) is 11.4. The molecule has 3 rings (SSSR count). The third-order valence-electron chi connectivity index (χ3n) is 3.33. The fourth-order valence-electron chi connectivity index (χ4n) is 2.18. The van der Waals surface area contributed by atoms with E-state index in [-0.39, 0.29) is 5.91 Å². The lowest BCUT2D eigenvalue weighted by atomic mass is 10.2. The molecule has 1 heterocycles. The van der Waals surface area contributed by atoms with Gasteiger partial charge in [-0.05, 0) is 43.3 Å². The summed E-state index contributed by atoms with van der Waals surface area (Å²) >= 11 is 11.9. The minimum absolute atomic E-state index is 0.305. The fourth-order valence-corrected chi connectivity index (χ4v) is 2.63. The number of hydrogen-bond acceptors (Lipinski definition) is 4. The summed E-state index contributed by atoms with van der Waals surface area (Å²) in [6.45, 7) is 3.41. The van der Waals surface area contributed by atoms with Gasteiger partial charge >= 0.3 is 0 Å². The number of nitrogens with zero attached hydrogens (tertiary/aromatic N) is 1. The number of oxazole rings is 1. The maximum absolute atomic E-state index is 12.3. The van der Waals surface area contributed by atoms with Gasteiger partial charge in [-0.3, -0.25) is 4.79 Å². The third kappa shape index (κ3) is 3.63. The van der Waals surface area contributed by atoms with Gasteiger partial charge in [0, 0.05) is 17.6 Å². The molecule has 0 unspecified atom stereocenters. The Labute approximate surface area is 148 Å². The van der Waals surface area contributed by atoms with Gasteiger partial charge in [0.2, 0.25) is 0 Å². The zero-order valence-corrected chi connectivity index (χ0v) is 14.5. The number of ether oxygens (including phenoxy) is 1. The minimum Gasteiger partial charge on any atom is -0.479 e. The summed E-state index contributed by atoms with van der Waals surface area (Å²) in [6.07, 6.45) is -0.738. The average Bonchev–Trinajstić information content (AvgIpc) is 2.89. The molecular formula is C17H14Cl2N2O3. The normalized spacial score (nSPS) is 12.2. The summed E-state index contributed by atoms with van der Waals surface area (Å²) in [4.78, 5) is 16.5. The number of anilines is 1. The van der Waals surface area contributed by atoms with Crippen molar-refractivity contribution in [3.8, 4) is 5.75 Å². The van der Waals surface area contributed by atoms with E-state index < -0.39 is 6.10 Å². The second-order valence-electron chi connectivity index (χ2n) is 5.24. The number of carbonyl (C=O) groups is 1. The molecule has 2 aromatic carbocycles. The lowest BCUT2D eigenvalue weighted by Gasteiger charge is -2.15. The summed E-state index contributed by atoms with van der Waals surface area (Å²) in [5, 5.41) is 3.63. The molecule has 5 nitrogen and oxygen atoms in total. The van der Waals surface area contributed by atoms with Crippen molar-refractivity contribution in [1.82, 2.24) is 4.98 Å². The Bertz CT molecular complexity index is 908. The van der Waals surface area contributed by atoms with Crippen LogP contribution >= 0.6 is 23.2 Å². The summed E-state index contributed by atoms with van der Waals surface area (Å²) in [5.74, 6) is 0.662.